The molecule has 2 aliphatic heterocycles. The summed E-state index contributed by atoms with van der Waals surface area (Å²) < 4.78 is 20.4. The molecule has 35 heavy (non-hydrogen) atoms. The molecule has 2 aromatic heterocycles. The summed E-state index contributed by atoms with van der Waals surface area (Å²) in [6, 6.07) is 7.51. The molecule has 11 heteroatoms. The van der Waals surface area contributed by atoms with Gasteiger partial charge in [-0.05, 0) is 44.5 Å². The van der Waals surface area contributed by atoms with Gasteiger partial charge < -0.3 is 19.4 Å². The molecule has 2 aliphatic rings. The van der Waals surface area contributed by atoms with Crippen LogP contribution in [0.5, 0.6) is 0 Å². The third kappa shape index (κ3) is 6.56. The molecule has 0 spiro atoms. The van der Waals surface area contributed by atoms with Gasteiger partial charge in [0.05, 0.1) is 6.04 Å². The molecule has 0 saturated carbocycles. The van der Waals surface area contributed by atoms with E-state index in [0.717, 1.165) is 25.9 Å². The highest BCUT2D eigenvalue weighted by Gasteiger charge is 2.35. The molecule has 0 unspecified atom stereocenters. The Labute approximate surface area is 204 Å². The Morgan fingerprint density at radius 1 is 1.09 bits per heavy atom. The van der Waals surface area contributed by atoms with E-state index in [1.807, 2.05) is 4.90 Å². The van der Waals surface area contributed by atoms with Crippen molar-refractivity contribution in [3.05, 3.63) is 42.7 Å². The molecule has 0 radical (unpaired) electrons. The summed E-state index contributed by atoms with van der Waals surface area (Å²) in [6.45, 7) is 2.52. The van der Waals surface area contributed by atoms with E-state index in [0.29, 0.717) is 23.9 Å². The maximum atomic E-state index is 14.8. The van der Waals surface area contributed by atoms with Gasteiger partial charge in [0.25, 0.3) is 0 Å². The fourth-order valence-corrected chi connectivity index (χ4v) is 4.33. The smallest absolute Gasteiger partial charge is 0.411 e. The molecular formula is C24H32FN7O3. The summed E-state index contributed by atoms with van der Waals surface area (Å²) >= 11 is 0. The van der Waals surface area contributed by atoms with E-state index < -0.39 is 24.3 Å². The number of urea groups is 1. The average molecular weight is 486 g/mol. The summed E-state index contributed by atoms with van der Waals surface area (Å²) in [4.78, 5) is 39.0. The normalized spacial score (nSPS) is 21.3. The van der Waals surface area contributed by atoms with Crippen molar-refractivity contribution in [3.8, 4) is 0 Å². The first-order chi connectivity index (χ1) is 16.9. The number of likely N-dealkylation sites (tertiary alicyclic amines) is 1. The number of ether oxygens (including phenoxy) is 1. The van der Waals surface area contributed by atoms with Crippen LogP contribution in [-0.4, -0.2) is 90.5 Å². The highest BCUT2D eigenvalue weighted by atomic mass is 19.1. The number of carbonyl (C=O) groups excluding carboxylic acids is 2. The number of amides is 3. The molecule has 10 nitrogen and oxygen atoms in total. The van der Waals surface area contributed by atoms with Crippen LogP contribution in [0.2, 0.25) is 0 Å². The van der Waals surface area contributed by atoms with Crippen molar-refractivity contribution in [2.45, 2.75) is 37.6 Å². The monoisotopic (exact) mass is 485 g/mol. The molecule has 4 heterocycles. The van der Waals surface area contributed by atoms with E-state index in [2.05, 4.69) is 32.5 Å². The number of halogens is 1. The summed E-state index contributed by atoms with van der Waals surface area (Å²) in [6.07, 6.45) is 3.28. The van der Waals surface area contributed by atoms with Crippen LogP contribution >= 0.6 is 0 Å². The lowest BCUT2D eigenvalue weighted by atomic mass is 10.0. The Bertz CT molecular complexity index is 1000. The van der Waals surface area contributed by atoms with Gasteiger partial charge in [-0.1, -0.05) is 6.07 Å². The molecule has 188 valence electrons. The number of nitrogens with zero attached hydrogens (tertiary/aromatic N) is 5. The molecule has 2 fully saturated rings. The number of piperidine rings is 2. The Morgan fingerprint density at radius 2 is 1.89 bits per heavy atom. The quantitative estimate of drug-likeness (QED) is 0.670. The lowest BCUT2D eigenvalue weighted by Gasteiger charge is -2.40. The predicted octanol–water partition coefficient (Wildman–Crippen LogP) is 3.20. The summed E-state index contributed by atoms with van der Waals surface area (Å²) in [5, 5.41) is 5.46. The number of alkyl halides is 1. The van der Waals surface area contributed by atoms with Crippen molar-refractivity contribution < 1.29 is 18.7 Å². The highest BCUT2D eigenvalue weighted by molar-refractivity contribution is 5.88. The maximum Gasteiger partial charge on any atom is 0.411 e. The Morgan fingerprint density at radius 3 is 2.63 bits per heavy atom. The van der Waals surface area contributed by atoms with Crippen LogP contribution in [0, 0.1) is 0 Å². The van der Waals surface area contributed by atoms with Crippen LogP contribution < -0.4 is 15.5 Å². The second-order valence-electron chi connectivity index (χ2n) is 9.01. The minimum absolute atomic E-state index is 0.0929. The fraction of sp³-hybridized carbons (Fsp3) is 0.500. The maximum absolute atomic E-state index is 14.8. The molecule has 0 bridgehead atoms. The minimum Gasteiger partial charge on any atom is -0.446 e. The molecule has 2 saturated heterocycles. The van der Waals surface area contributed by atoms with Gasteiger partial charge in [0, 0.05) is 57.4 Å². The minimum atomic E-state index is -1.17. The highest BCUT2D eigenvalue weighted by Crippen LogP contribution is 2.25. The number of likely N-dealkylation sites (N-methyl/N-ethyl adjacent to an activating group) is 1. The molecule has 2 atom stereocenters. The third-order valence-electron chi connectivity index (χ3n) is 6.47. The van der Waals surface area contributed by atoms with E-state index in [-0.39, 0.29) is 19.1 Å². The predicted molar refractivity (Wildman–Crippen MR) is 131 cm³/mol. The van der Waals surface area contributed by atoms with Crippen molar-refractivity contribution in [2.75, 3.05) is 55.8 Å². The van der Waals surface area contributed by atoms with Crippen LogP contribution in [0.3, 0.4) is 0 Å². The van der Waals surface area contributed by atoms with Crippen LogP contribution in [-0.2, 0) is 4.74 Å². The molecule has 0 aromatic carbocycles. The fourth-order valence-electron chi connectivity index (χ4n) is 4.33. The molecule has 3 amide bonds. The first-order valence-corrected chi connectivity index (χ1v) is 11.8. The largest absolute Gasteiger partial charge is 0.446 e. The molecule has 0 aliphatic carbocycles. The zero-order chi connectivity index (χ0) is 24.8. The van der Waals surface area contributed by atoms with Crippen molar-refractivity contribution in [1.29, 1.82) is 0 Å². The number of aromatic nitrogens is 2. The first-order valence-electron chi connectivity index (χ1n) is 11.8. The van der Waals surface area contributed by atoms with E-state index in [1.165, 1.54) is 4.90 Å². The number of nitrogens with one attached hydrogen (secondary N) is 2. The zero-order valence-electron chi connectivity index (χ0n) is 20.1. The van der Waals surface area contributed by atoms with Gasteiger partial charge in [0.1, 0.15) is 23.9 Å². The van der Waals surface area contributed by atoms with E-state index >= 15 is 0 Å². The SMILES string of the molecule is CN1CCC(OC(=O)Nc2ccnc(N3CC[C@@H](F)[C@@H](N(C)C(=O)Nc4ccccn4)C3)c2)CC1. The van der Waals surface area contributed by atoms with Gasteiger partial charge in [0.2, 0.25) is 0 Å². The van der Waals surface area contributed by atoms with Crippen molar-refractivity contribution in [3.63, 3.8) is 0 Å². The number of hydrogen-bond donors (Lipinski definition) is 2. The zero-order valence-corrected chi connectivity index (χ0v) is 20.1. The van der Waals surface area contributed by atoms with Crippen LogP contribution in [0.1, 0.15) is 19.3 Å². The van der Waals surface area contributed by atoms with E-state index in [4.69, 9.17) is 4.74 Å². The molecule has 2 aromatic rings. The number of hydrogen-bond acceptors (Lipinski definition) is 7. The number of carbonyl (C=O) groups is 2. The van der Waals surface area contributed by atoms with Crippen molar-refractivity contribution in [2.24, 2.45) is 0 Å². The topological polar surface area (TPSA) is 103 Å². The van der Waals surface area contributed by atoms with Gasteiger partial charge >= 0.3 is 12.1 Å². The van der Waals surface area contributed by atoms with Gasteiger partial charge in [-0.2, -0.15) is 0 Å². The summed E-state index contributed by atoms with van der Waals surface area (Å²) in [7, 11) is 3.62. The lowest BCUT2D eigenvalue weighted by molar-refractivity contribution is 0.0662. The second kappa shape index (κ2) is 11.3. The Hall–Kier alpha value is -3.47. The molecular weight excluding hydrogens is 453 g/mol. The summed E-state index contributed by atoms with van der Waals surface area (Å²) in [5.74, 6) is 0.998. The Kier molecular flexibility index (Phi) is 7.96. The van der Waals surface area contributed by atoms with Crippen molar-refractivity contribution in [1.82, 2.24) is 19.8 Å². The van der Waals surface area contributed by atoms with Gasteiger partial charge in [-0.25, -0.2) is 23.9 Å². The number of anilines is 3. The van der Waals surface area contributed by atoms with Crippen molar-refractivity contribution >= 4 is 29.4 Å². The van der Waals surface area contributed by atoms with Gasteiger partial charge in [-0.3, -0.25) is 10.6 Å². The average Bonchev–Trinajstić information content (AvgIpc) is 2.86. The number of pyridine rings is 2. The van der Waals surface area contributed by atoms with Gasteiger partial charge in [0.15, 0.2) is 0 Å². The van der Waals surface area contributed by atoms with Crippen LogP contribution in [0.4, 0.5) is 31.3 Å². The molecule has 4 rings (SSSR count). The van der Waals surface area contributed by atoms with Crippen LogP contribution in [0.15, 0.2) is 42.7 Å². The van der Waals surface area contributed by atoms with E-state index in [1.54, 1.807) is 49.8 Å². The third-order valence-corrected chi connectivity index (χ3v) is 6.47. The second-order valence-corrected chi connectivity index (χ2v) is 9.01. The molecule has 2 N–H and O–H groups in total. The Balaban J connectivity index is 1.35. The van der Waals surface area contributed by atoms with E-state index in [9.17, 15) is 14.0 Å². The number of rotatable bonds is 5. The first kappa shape index (κ1) is 24.6. The lowest BCUT2D eigenvalue weighted by Crippen LogP contribution is -2.55. The summed E-state index contributed by atoms with van der Waals surface area (Å²) in [5.41, 5.74) is 0.549. The van der Waals surface area contributed by atoms with Gasteiger partial charge in [-0.15, -0.1) is 0 Å². The van der Waals surface area contributed by atoms with Crippen LogP contribution in [0.25, 0.3) is 0 Å². The standard InChI is InChI=1S/C24H32FN7O3/c1-30-12-7-18(8-13-30)35-24(34)28-17-6-11-27-22(15-17)32-14-9-19(25)20(16-32)31(2)23(33)29-21-5-3-4-10-26-21/h3-6,10-11,15,18-20H,7-9,12-14,16H2,1-2H3,(H,26,29,33)(H,27,28,34)/t19-,20+/m1/s1.